The number of carbonyl (C=O) groups is 2. The molecule has 0 bridgehead atoms. The number of anilines is 1. The number of nitrogens with one attached hydrogen (secondary N) is 2. The first-order valence-electron chi connectivity index (χ1n) is 11.3. The number of esters is 1. The van der Waals surface area contributed by atoms with Gasteiger partial charge in [0, 0.05) is 5.69 Å². The van der Waals surface area contributed by atoms with E-state index in [0.717, 1.165) is 35.8 Å². The standard InChI is InChI=1S/C27H26N2O5S/c30-26(28-25-15-7-11-21-10-4-5-14-24(21)25)19-34-27(31)22-12-6-13-23(18-22)29-35(32,33)17-16-20-8-2-1-3-9-20/h1-6,8-10,12-14,16-18,25,29H,7,11,15,19H2,(H,28,30)/b17-16+. The SMILES string of the molecule is O=C(COC(=O)c1cccc(NS(=O)(=O)/C=C/c2ccccc2)c1)NC1CCCc2ccccc21. The van der Waals surface area contributed by atoms with Crippen LogP contribution in [0.4, 0.5) is 5.69 Å². The van der Waals surface area contributed by atoms with Crippen LogP contribution in [0.5, 0.6) is 0 Å². The number of benzene rings is 3. The van der Waals surface area contributed by atoms with Crippen LogP contribution in [0.3, 0.4) is 0 Å². The molecule has 7 nitrogen and oxygen atoms in total. The largest absolute Gasteiger partial charge is 0.452 e. The molecule has 8 heteroatoms. The first-order valence-corrected chi connectivity index (χ1v) is 12.8. The van der Waals surface area contributed by atoms with E-state index in [1.807, 2.05) is 36.4 Å². The van der Waals surface area contributed by atoms with Crippen molar-refractivity contribution in [3.63, 3.8) is 0 Å². The van der Waals surface area contributed by atoms with Crippen molar-refractivity contribution in [2.75, 3.05) is 11.3 Å². The number of sulfonamides is 1. The molecule has 1 aliphatic carbocycles. The molecule has 0 saturated carbocycles. The molecule has 0 saturated heterocycles. The second kappa shape index (κ2) is 11.0. The summed E-state index contributed by atoms with van der Waals surface area (Å²) in [5.74, 6) is -1.10. The van der Waals surface area contributed by atoms with Crippen LogP contribution in [0.25, 0.3) is 6.08 Å². The number of rotatable bonds is 8. The van der Waals surface area contributed by atoms with Crippen LogP contribution in [0.2, 0.25) is 0 Å². The van der Waals surface area contributed by atoms with Gasteiger partial charge in [-0.15, -0.1) is 0 Å². The van der Waals surface area contributed by atoms with E-state index in [4.69, 9.17) is 4.74 Å². The molecule has 0 fully saturated rings. The highest BCUT2D eigenvalue weighted by Gasteiger charge is 2.22. The summed E-state index contributed by atoms with van der Waals surface area (Å²) in [6, 6.07) is 22.8. The fourth-order valence-corrected chi connectivity index (χ4v) is 4.85. The topological polar surface area (TPSA) is 102 Å². The van der Waals surface area contributed by atoms with Crippen LogP contribution in [0.15, 0.2) is 84.3 Å². The molecule has 0 aromatic heterocycles. The summed E-state index contributed by atoms with van der Waals surface area (Å²) in [6.45, 7) is -0.423. The lowest BCUT2D eigenvalue weighted by Gasteiger charge is -2.26. The lowest BCUT2D eigenvalue weighted by Crippen LogP contribution is -2.34. The van der Waals surface area contributed by atoms with Gasteiger partial charge in [-0.05, 0) is 60.2 Å². The third-order valence-electron chi connectivity index (χ3n) is 5.64. The Bertz CT molecular complexity index is 1340. The highest BCUT2D eigenvalue weighted by atomic mass is 32.2. The normalized spacial score (nSPS) is 15.3. The molecule has 1 atom stereocenters. The Labute approximate surface area is 204 Å². The van der Waals surface area contributed by atoms with Crippen LogP contribution < -0.4 is 10.0 Å². The molecule has 2 N–H and O–H groups in total. The van der Waals surface area contributed by atoms with Gasteiger partial charge in [-0.2, -0.15) is 0 Å². The summed E-state index contributed by atoms with van der Waals surface area (Å²) in [5, 5.41) is 3.99. The molecule has 3 aromatic carbocycles. The van der Waals surface area contributed by atoms with Gasteiger partial charge >= 0.3 is 5.97 Å². The van der Waals surface area contributed by atoms with Crippen LogP contribution in [0.1, 0.15) is 45.9 Å². The molecule has 1 unspecified atom stereocenters. The van der Waals surface area contributed by atoms with Gasteiger partial charge in [0.25, 0.3) is 15.9 Å². The predicted molar refractivity (Wildman–Crippen MR) is 135 cm³/mol. The van der Waals surface area contributed by atoms with Gasteiger partial charge in [-0.1, -0.05) is 60.7 Å². The van der Waals surface area contributed by atoms with Crippen molar-refractivity contribution in [3.05, 3.63) is 107 Å². The van der Waals surface area contributed by atoms with Crippen molar-refractivity contribution in [1.82, 2.24) is 5.32 Å². The predicted octanol–water partition coefficient (Wildman–Crippen LogP) is 4.45. The summed E-state index contributed by atoms with van der Waals surface area (Å²) in [6.07, 6.45) is 4.27. The third-order valence-corrected chi connectivity index (χ3v) is 6.65. The average Bonchev–Trinajstić information content (AvgIpc) is 2.87. The summed E-state index contributed by atoms with van der Waals surface area (Å²) < 4.78 is 32.3. The van der Waals surface area contributed by atoms with Gasteiger partial charge < -0.3 is 10.1 Å². The molecule has 3 aromatic rings. The molecule has 35 heavy (non-hydrogen) atoms. The highest BCUT2D eigenvalue weighted by Crippen LogP contribution is 2.29. The Morgan fingerprint density at radius 3 is 2.57 bits per heavy atom. The second-order valence-corrected chi connectivity index (χ2v) is 9.79. The molecule has 0 aliphatic heterocycles. The Morgan fingerprint density at radius 1 is 0.971 bits per heavy atom. The summed E-state index contributed by atoms with van der Waals surface area (Å²) >= 11 is 0. The third kappa shape index (κ3) is 6.80. The monoisotopic (exact) mass is 490 g/mol. The number of fused-ring (bicyclic) bond motifs is 1. The second-order valence-electron chi connectivity index (χ2n) is 8.23. The number of hydrogen-bond acceptors (Lipinski definition) is 5. The molecule has 1 aliphatic rings. The molecular weight excluding hydrogens is 464 g/mol. The zero-order chi connectivity index (χ0) is 24.7. The van der Waals surface area contributed by atoms with E-state index in [-0.39, 0.29) is 23.2 Å². The van der Waals surface area contributed by atoms with Crippen LogP contribution in [-0.2, 0) is 26.0 Å². The number of ether oxygens (including phenoxy) is 1. The van der Waals surface area contributed by atoms with Crippen LogP contribution in [0, 0.1) is 0 Å². The van der Waals surface area contributed by atoms with Gasteiger partial charge in [0.05, 0.1) is 17.0 Å². The Kier molecular flexibility index (Phi) is 7.62. The van der Waals surface area contributed by atoms with E-state index in [1.165, 1.54) is 35.9 Å². The number of amides is 1. The van der Waals surface area contributed by atoms with E-state index in [1.54, 1.807) is 12.1 Å². The van der Waals surface area contributed by atoms with E-state index in [2.05, 4.69) is 16.1 Å². The smallest absolute Gasteiger partial charge is 0.338 e. The minimum Gasteiger partial charge on any atom is -0.452 e. The summed E-state index contributed by atoms with van der Waals surface area (Å²) in [7, 11) is -3.79. The Balaban J connectivity index is 1.32. The van der Waals surface area contributed by atoms with Crippen molar-refractivity contribution in [1.29, 1.82) is 0 Å². The van der Waals surface area contributed by atoms with Crippen molar-refractivity contribution < 1.29 is 22.7 Å². The van der Waals surface area contributed by atoms with Crippen LogP contribution in [-0.4, -0.2) is 26.9 Å². The maximum atomic E-state index is 12.5. The molecule has 180 valence electrons. The Morgan fingerprint density at radius 2 is 1.74 bits per heavy atom. The summed E-state index contributed by atoms with van der Waals surface area (Å²) in [5.41, 5.74) is 3.40. The van der Waals surface area contributed by atoms with Crippen molar-refractivity contribution in [2.24, 2.45) is 0 Å². The van der Waals surface area contributed by atoms with Crippen LogP contribution >= 0.6 is 0 Å². The van der Waals surface area contributed by atoms with Gasteiger partial charge in [0.1, 0.15) is 0 Å². The van der Waals surface area contributed by atoms with Gasteiger partial charge in [0.2, 0.25) is 0 Å². The zero-order valence-electron chi connectivity index (χ0n) is 19.0. The van der Waals surface area contributed by atoms with Gasteiger partial charge in [-0.25, -0.2) is 13.2 Å². The minimum atomic E-state index is -3.79. The maximum Gasteiger partial charge on any atom is 0.338 e. The zero-order valence-corrected chi connectivity index (χ0v) is 19.8. The van der Waals surface area contributed by atoms with E-state index in [9.17, 15) is 18.0 Å². The lowest BCUT2D eigenvalue weighted by atomic mass is 9.88. The molecule has 0 heterocycles. The quantitative estimate of drug-likeness (QED) is 0.454. The number of aryl methyl sites for hydroxylation is 1. The Hall–Kier alpha value is -3.91. The van der Waals surface area contributed by atoms with E-state index < -0.39 is 22.6 Å². The molecular formula is C27H26N2O5S. The van der Waals surface area contributed by atoms with Crippen molar-refractivity contribution in [3.8, 4) is 0 Å². The fraction of sp³-hybridized carbons (Fsp3) is 0.185. The van der Waals surface area contributed by atoms with Crippen molar-refractivity contribution >= 4 is 33.7 Å². The highest BCUT2D eigenvalue weighted by molar-refractivity contribution is 7.95. The molecule has 4 rings (SSSR count). The molecule has 0 spiro atoms. The number of carbonyl (C=O) groups excluding carboxylic acids is 2. The summed E-state index contributed by atoms with van der Waals surface area (Å²) in [4.78, 5) is 24.9. The van der Waals surface area contributed by atoms with Gasteiger partial charge in [-0.3, -0.25) is 9.52 Å². The average molecular weight is 491 g/mol. The maximum absolute atomic E-state index is 12.5. The van der Waals surface area contributed by atoms with Crippen molar-refractivity contribution in [2.45, 2.75) is 25.3 Å². The van der Waals surface area contributed by atoms with E-state index in [0.29, 0.717) is 0 Å². The first kappa shape index (κ1) is 24.2. The number of hydrogen-bond donors (Lipinski definition) is 2. The lowest BCUT2D eigenvalue weighted by molar-refractivity contribution is -0.125. The van der Waals surface area contributed by atoms with Gasteiger partial charge in [0.15, 0.2) is 6.61 Å². The van der Waals surface area contributed by atoms with E-state index >= 15 is 0 Å². The fourth-order valence-electron chi connectivity index (χ4n) is 3.99. The first-order chi connectivity index (χ1) is 16.9. The molecule has 1 amide bonds. The molecule has 0 radical (unpaired) electrons. The minimum absolute atomic E-state index is 0.104.